The average Bonchev–Trinajstić information content (AvgIpc) is 3.39. The van der Waals surface area contributed by atoms with E-state index >= 15 is 0 Å². The molecular formula is C67H110N2O2Pd. The third kappa shape index (κ3) is 45.6. The fourth-order valence-electron chi connectivity index (χ4n) is 8.72. The number of hydrogen-bond donors (Lipinski definition) is 2. The molecule has 72 heavy (non-hydrogen) atoms. The second-order valence-corrected chi connectivity index (χ2v) is 20.0. The van der Waals surface area contributed by atoms with Gasteiger partial charge in [0, 0.05) is 52.9 Å². The van der Waals surface area contributed by atoms with E-state index in [4.69, 9.17) is 10.2 Å². The largest absolute Gasteiger partial charge is 0.396 e. The monoisotopic (exact) mass is 1080 g/mol. The van der Waals surface area contributed by atoms with Crippen LogP contribution in [-0.4, -0.2) is 34.1 Å². The van der Waals surface area contributed by atoms with E-state index in [-0.39, 0.29) is 20.4 Å². The van der Waals surface area contributed by atoms with Gasteiger partial charge in [-0.25, -0.2) is 0 Å². The molecule has 0 atom stereocenters. The van der Waals surface area contributed by atoms with E-state index in [0.29, 0.717) is 18.8 Å². The molecule has 2 N–H and O–H groups in total. The van der Waals surface area contributed by atoms with Crippen LogP contribution in [0.2, 0.25) is 0 Å². The third-order valence-electron chi connectivity index (χ3n) is 13.3. The zero-order chi connectivity index (χ0) is 51.8. The minimum atomic E-state index is 0. The number of rotatable bonds is 41. The number of benzene rings is 2. The SMILES string of the molecule is CCCCCCCCCCCCCCC#CC(=C=[N+]=[N-])C=C(c1cccc(CCCC)c1)c1ccccc1CCCC#CCCCCCCCCCCCCCCCCCC.CCCCO.CCCCO.[Pd]. The van der Waals surface area contributed by atoms with Gasteiger partial charge in [-0.2, -0.15) is 0 Å². The van der Waals surface area contributed by atoms with Gasteiger partial charge in [-0.1, -0.05) is 281 Å². The zero-order valence-electron chi connectivity index (χ0n) is 47.5. The van der Waals surface area contributed by atoms with Crippen molar-refractivity contribution in [2.75, 3.05) is 13.2 Å². The molecule has 0 aromatic heterocycles. The molecule has 0 saturated heterocycles. The summed E-state index contributed by atoms with van der Waals surface area (Å²) >= 11 is 0. The first-order valence-electron chi connectivity index (χ1n) is 30.1. The Bertz CT molecular complexity index is 1720. The van der Waals surface area contributed by atoms with Gasteiger partial charge in [-0.3, -0.25) is 0 Å². The number of aryl methyl sites for hydroxylation is 2. The van der Waals surface area contributed by atoms with Gasteiger partial charge in [-0.05, 0) is 85.3 Å². The van der Waals surface area contributed by atoms with Crippen molar-refractivity contribution in [2.45, 2.75) is 291 Å². The van der Waals surface area contributed by atoms with Crippen molar-refractivity contribution in [1.82, 2.24) is 0 Å². The van der Waals surface area contributed by atoms with Crippen molar-refractivity contribution in [3.63, 3.8) is 0 Å². The van der Waals surface area contributed by atoms with Gasteiger partial charge in [0.1, 0.15) is 0 Å². The summed E-state index contributed by atoms with van der Waals surface area (Å²) in [6.07, 6.45) is 52.8. The summed E-state index contributed by atoms with van der Waals surface area (Å²) in [6, 6.07) is 17.7. The Hall–Kier alpha value is -2.96. The number of aliphatic hydroxyl groups excluding tert-OH is 2. The van der Waals surface area contributed by atoms with E-state index < -0.39 is 0 Å². The molecule has 2 aromatic carbocycles. The third-order valence-corrected chi connectivity index (χ3v) is 13.3. The van der Waals surface area contributed by atoms with E-state index in [1.165, 1.54) is 208 Å². The summed E-state index contributed by atoms with van der Waals surface area (Å²) in [5.74, 6) is 16.5. The fourth-order valence-corrected chi connectivity index (χ4v) is 8.72. The molecule has 0 unspecified atom stereocenters. The van der Waals surface area contributed by atoms with E-state index in [9.17, 15) is 5.53 Å². The van der Waals surface area contributed by atoms with Crippen molar-refractivity contribution in [3.05, 3.63) is 88.0 Å². The topological polar surface area (TPSA) is 76.9 Å². The van der Waals surface area contributed by atoms with E-state index in [0.717, 1.165) is 76.2 Å². The van der Waals surface area contributed by atoms with Gasteiger partial charge in [-0.15, -0.1) is 16.6 Å². The minimum Gasteiger partial charge on any atom is -0.396 e. The molecule has 0 radical (unpaired) electrons. The molecule has 0 heterocycles. The van der Waals surface area contributed by atoms with Crippen molar-refractivity contribution < 1.29 is 35.4 Å². The van der Waals surface area contributed by atoms with Gasteiger partial charge in [0.2, 0.25) is 0 Å². The number of unbranched alkanes of at least 4 members (excludes halogenated alkanes) is 32. The summed E-state index contributed by atoms with van der Waals surface area (Å²) < 4.78 is 0. The summed E-state index contributed by atoms with van der Waals surface area (Å²) in [6.45, 7) is 11.6. The predicted octanol–water partition coefficient (Wildman–Crippen LogP) is 19.9. The molecule has 0 fully saturated rings. The molecule has 4 nitrogen and oxygen atoms in total. The Morgan fingerprint density at radius 1 is 0.458 bits per heavy atom. The van der Waals surface area contributed by atoms with Crippen molar-refractivity contribution >= 4 is 11.4 Å². The first-order valence-corrected chi connectivity index (χ1v) is 30.1. The summed E-state index contributed by atoms with van der Waals surface area (Å²) in [5, 5.41) is 16.1. The molecule has 0 bridgehead atoms. The minimum absolute atomic E-state index is 0. The second kappa shape index (κ2) is 58.9. The fraction of sp³-hybridized carbons (Fsp3) is 0.701. The first-order chi connectivity index (χ1) is 35.1. The summed E-state index contributed by atoms with van der Waals surface area (Å²) in [4.78, 5) is 3.33. The first kappa shape index (κ1) is 71.1. The normalized spacial score (nSPS) is 10.5. The molecule has 2 aromatic rings. The van der Waals surface area contributed by atoms with Crippen LogP contribution in [0.3, 0.4) is 0 Å². The molecule has 410 valence electrons. The van der Waals surface area contributed by atoms with Crippen LogP contribution in [0.1, 0.15) is 301 Å². The van der Waals surface area contributed by atoms with Crippen LogP contribution in [-0.2, 0) is 33.3 Å². The van der Waals surface area contributed by atoms with Crippen molar-refractivity contribution in [3.8, 4) is 23.7 Å². The van der Waals surface area contributed by atoms with Gasteiger partial charge >= 0.3 is 5.87 Å². The number of hydrogen-bond acceptors (Lipinski definition) is 2. The molecule has 5 heteroatoms. The van der Waals surface area contributed by atoms with Crippen molar-refractivity contribution in [1.29, 1.82) is 0 Å². The zero-order valence-corrected chi connectivity index (χ0v) is 49.1. The van der Waals surface area contributed by atoms with E-state index in [1.807, 2.05) is 0 Å². The molecule has 0 aliphatic rings. The summed E-state index contributed by atoms with van der Waals surface area (Å²) in [7, 11) is 0. The molecule has 0 spiro atoms. The van der Waals surface area contributed by atoms with E-state index in [1.54, 1.807) is 0 Å². The smallest absolute Gasteiger partial charge is 0.316 e. The van der Waals surface area contributed by atoms with E-state index in [2.05, 4.69) is 124 Å². The Morgan fingerprint density at radius 3 is 1.31 bits per heavy atom. The molecule has 0 aliphatic heterocycles. The molecular weight excluding hydrogens is 971 g/mol. The maximum atomic E-state index is 9.62. The predicted molar refractivity (Wildman–Crippen MR) is 313 cm³/mol. The number of nitrogens with zero attached hydrogens (tertiary/aromatic N) is 2. The van der Waals surface area contributed by atoms with Gasteiger partial charge in [0.05, 0.1) is 0 Å². The number of allylic oxidation sites excluding steroid dienone is 2. The van der Waals surface area contributed by atoms with Gasteiger partial charge < -0.3 is 15.7 Å². The standard InChI is InChI=1S/C59H90N2.2C4H10O.Pd/c1-4-7-10-12-14-16-18-20-22-23-24-25-26-27-28-30-32-34-36-38-40-47-56-48-41-42-50-58(56)59(57-49-43-46-54(51-57)44-9-6-3)52-55(53-61-60)45-39-37-35-33-31-29-21-19-17-15-13-11-8-5-2;2*1-2-3-4-5;/h41-43,46,48-52H,4-33,35,37-38,40,44,47H2,1-3H3;2*5H,2-4H2,1H3;. The Labute approximate surface area is 460 Å². The summed E-state index contributed by atoms with van der Waals surface area (Å²) in [5.41, 5.74) is 16.4. The van der Waals surface area contributed by atoms with Gasteiger partial charge in [0.15, 0.2) is 5.57 Å². The quantitative estimate of drug-likeness (QED) is 0.0132. The van der Waals surface area contributed by atoms with Crippen LogP contribution >= 0.6 is 0 Å². The Morgan fingerprint density at radius 2 is 0.875 bits per heavy atom. The van der Waals surface area contributed by atoms with Crippen LogP contribution < -0.4 is 0 Å². The second-order valence-electron chi connectivity index (χ2n) is 20.0. The van der Waals surface area contributed by atoms with Crippen LogP contribution in [0, 0.1) is 23.7 Å². The maximum absolute atomic E-state index is 9.62. The maximum Gasteiger partial charge on any atom is 0.316 e. The molecule has 0 saturated carbocycles. The number of aliphatic hydroxyl groups is 2. The Kier molecular flexibility index (Phi) is 58.2. The molecule has 0 aliphatic carbocycles. The Balaban J connectivity index is 0. The average molecular weight is 1080 g/mol. The van der Waals surface area contributed by atoms with Crippen LogP contribution in [0.25, 0.3) is 11.1 Å². The molecule has 0 amide bonds. The van der Waals surface area contributed by atoms with Crippen molar-refractivity contribution in [2.24, 2.45) is 0 Å². The van der Waals surface area contributed by atoms with Crippen LogP contribution in [0.15, 0.2) is 60.2 Å². The van der Waals surface area contributed by atoms with Crippen LogP contribution in [0.4, 0.5) is 0 Å². The van der Waals surface area contributed by atoms with Crippen LogP contribution in [0.5, 0.6) is 0 Å². The van der Waals surface area contributed by atoms with Gasteiger partial charge in [0.25, 0.3) is 0 Å². The molecule has 2 rings (SSSR count).